The third-order valence-corrected chi connectivity index (χ3v) is 6.69. The number of anilines is 1. The number of fused-ring (bicyclic) bond motifs is 2. The minimum Gasteiger partial charge on any atom is -0.350 e. The van der Waals surface area contributed by atoms with E-state index < -0.39 is 0 Å². The lowest BCUT2D eigenvalue weighted by atomic mass is 9.99. The van der Waals surface area contributed by atoms with E-state index in [0.29, 0.717) is 12.1 Å². The van der Waals surface area contributed by atoms with Gasteiger partial charge in [-0.15, -0.1) is 11.8 Å². The molecule has 2 unspecified atom stereocenters. The number of hydrogen-bond acceptors (Lipinski definition) is 4. The summed E-state index contributed by atoms with van der Waals surface area (Å²) in [4.78, 5) is 27.9. The van der Waals surface area contributed by atoms with Crippen molar-refractivity contribution >= 4 is 29.3 Å². The summed E-state index contributed by atoms with van der Waals surface area (Å²) in [5.41, 5.74) is 4.11. The van der Waals surface area contributed by atoms with Crippen molar-refractivity contribution in [2.24, 2.45) is 0 Å². The summed E-state index contributed by atoms with van der Waals surface area (Å²) in [5.74, 6) is -0.126. The molecule has 0 spiro atoms. The van der Waals surface area contributed by atoms with Crippen LogP contribution in [0.2, 0.25) is 0 Å². The third-order valence-electron chi connectivity index (χ3n) is 5.51. The lowest BCUT2D eigenvalue weighted by Gasteiger charge is -2.33. The highest BCUT2D eigenvalue weighted by molar-refractivity contribution is 8.00. The molecule has 2 N–H and O–H groups in total. The molecule has 28 heavy (non-hydrogen) atoms. The first-order valence-electron chi connectivity index (χ1n) is 9.72. The maximum atomic E-state index is 12.6. The molecular weight excluding hydrogens is 370 g/mol. The average Bonchev–Trinajstić information content (AvgIpc) is 2.72. The molecule has 0 bridgehead atoms. The Morgan fingerprint density at radius 3 is 2.89 bits per heavy atom. The van der Waals surface area contributed by atoms with E-state index in [2.05, 4.69) is 46.7 Å². The van der Waals surface area contributed by atoms with E-state index in [-0.39, 0.29) is 23.1 Å². The molecule has 4 rings (SSSR count). The van der Waals surface area contributed by atoms with Crippen LogP contribution in [-0.2, 0) is 17.8 Å². The fourth-order valence-electron chi connectivity index (χ4n) is 3.72. The molecule has 2 aliphatic rings. The van der Waals surface area contributed by atoms with Crippen LogP contribution in [0.15, 0.2) is 47.4 Å². The highest BCUT2D eigenvalue weighted by Crippen LogP contribution is 2.35. The summed E-state index contributed by atoms with van der Waals surface area (Å²) >= 11 is 1.52. The van der Waals surface area contributed by atoms with Gasteiger partial charge in [0, 0.05) is 36.1 Å². The number of carbonyl (C=O) groups is 2. The van der Waals surface area contributed by atoms with Crippen LogP contribution in [0.1, 0.15) is 35.3 Å². The standard InChI is InChI=1S/C22H25N3O2S/c1-14(25-10-9-16-5-3-4-6-18(16)13-25)12-23-22(27)17-7-8-20-19(11-17)24-21(26)15(2)28-20/h3-8,11,14-15H,9-10,12-13H2,1-2H3,(H,23,27)(H,24,26). The largest absolute Gasteiger partial charge is 0.350 e. The molecule has 2 aromatic carbocycles. The van der Waals surface area contributed by atoms with Gasteiger partial charge in [-0.1, -0.05) is 24.3 Å². The number of benzene rings is 2. The van der Waals surface area contributed by atoms with E-state index >= 15 is 0 Å². The SMILES string of the molecule is CC1Sc2ccc(C(=O)NCC(C)N3CCc4ccccc4C3)cc2NC1=O. The Bertz CT molecular complexity index is 914. The van der Waals surface area contributed by atoms with Gasteiger partial charge in [-0.3, -0.25) is 14.5 Å². The van der Waals surface area contributed by atoms with Crippen LogP contribution in [0, 0.1) is 0 Å². The third kappa shape index (κ3) is 3.93. The Morgan fingerprint density at radius 2 is 2.07 bits per heavy atom. The predicted octanol–water partition coefficient (Wildman–Crippen LogP) is 3.30. The summed E-state index contributed by atoms with van der Waals surface area (Å²) in [5, 5.41) is 5.82. The van der Waals surface area contributed by atoms with Crippen molar-refractivity contribution < 1.29 is 9.59 Å². The van der Waals surface area contributed by atoms with E-state index in [1.54, 1.807) is 6.07 Å². The summed E-state index contributed by atoms with van der Waals surface area (Å²) < 4.78 is 0. The van der Waals surface area contributed by atoms with Crippen LogP contribution in [0.25, 0.3) is 0 Å². The smallest absolute Gasteiger partial charge is 0.251 e. The molecule has 2 amide bonds. The highest BCUT2D eigenvalue weighted by atomic mass is 32.2. The molecule has 5 nitrogen and oxygen atoms in total. The first-order chi connectivity index (χ1) is 13.5. The fourth-order valence-corrected chi connectivity index (χ4v) is 4.65. The van der Waals surface area contributed by atoms with Crippen molar-refractivity contribution in [1.82, 2.24) is 10.2 Å². The van der Waals surface area contributed by atoms with Gasteiger partial charge in [-0.25, -0.2) is 0 Å². The summed E-state index contributed by atoms with van der Waals surface area (Å²) in [6.07, 6.45) is 1.05. The van der Waals surface area contributed by atoms with Crippen molar-refractivity contribution in [2.45, 2.75) is 43.0 Å². The van der Waals surface area contributed by atoms with Gasteiger partial charge < -0.3 is 10.6 Å². The Hall–Kier alpha value is -2.31. The molecule has 0 fully saturated rings. The average molecular weight is 396 g/mol. The minimum atomic E-state index is -0.109. The van der Waals surface area contributed by atoms with E-state index in [1.807, 2.05) is 19.1 Å². The van der Waals surface area contributed by atoms with Crippen molar-refractivity contribution in [2.75, 3.05) is 18.4 Å². The Balaban J connectivity index is 1.36. The molecule has 2 aliphatic heterocycles. The van der Waals surface area contributed by atoms with Crippen LogP contribution in [-0.4, -0.2) is 41.1 Å². The zero-order chi connectivity index (χ0) is 19.7. The molecule has 2 atom stereocenters. The van der Waals surface area contributed by atoms with Crippen molar-refractivity contribution in [3.63, 3.8) is 0 Å². The van der Waals surface area contributed by atoms with Crippen molar-refractivity contribution in [1.29, 1.82) is 0 Å². The first kappa shape index (κ1) is 19.0. The monoisotopic (exact) mass is 395 g/mol. The lowest BCUT2D eigenvalue weighted by Crippen LogP contribution is -2.44. The van der Waals surface area contributed by atoms with Crippen LogP contribution < -0.4 is 10.6 Å². The molecule has 6 heteroatoms. The number of carbonyl (C=O) groups excluding carboxylic acids is 2. The number of nitrogens with zero attached hydrogens (tertiary/aromatic N) is 1. The quantitative estimate of drug-likeness (QED) is 0.834. The second kappa shape index (κ2) is 7.97. The van der Waals surface area contributed by atoms with Gasteiger partial charge >= 0.3 is 0 Å². The molecule has 0 saturated carbocycles. The van der Waals surface area contributed by atoms with E-state index in [1.165, 1.54) is 22.9 Å². The molecule has 2 aromatic rings. The number of amides is 2. The minimum absolute atomic E-state index is 0.0194. The molecule has 146 valence electrons. The maximum absolute atomic E-state index is 12.6. The topological polar surface area (TPSA) is 61.4 Å². The van der Waals surface area contributed by atoms with Crippen molar-refractivity contribution in [3.05, 3.63) is 59.2 Å². The van der Waals surface area contributed by atoms with Crippen molar-refractivity contribution in [3.8, 4) is 0 Å². The normalized spacial score (nSPS) is 19.9. The molecular formula is C22H25N3O2S. The first-order valence-corrected chi connectivity index (χ1v) is 10.6. The van der Waals surface area contributed by atoms with Crippen LogP contribution in [0.4, 0.5) is 5.69 Å². The molecule has 0 aliphatic carbocycles. The van der Waals surface area contributed by atoms with Crippen LogP contribution in [0.5, 0.6) is 0 Å². The van der Waals surface area contributed by atoms with Gasteiger partial charge in [-0.2, -0.15) is 0 Å². The second-order valence-corrected chi connectivity index (χ2v) is 8.89. The van der Waals surface area contributed by atoms with Gasteiger partial charge in [0.2, 0.25) is 5.91 Å². The van der Waals surface area contributed by atoms with E-state index in [4.69, 9.17) is 0 Å². The van der Waals surface area contributed by atoms with E-state index in [0.717, 1.165) is 30.1 Å². The highest BCUT2D eigenvalue weighted by Gasteiger charge is 2.24. The van der Waals surface area contributed by atoms with Crippen LogP contribution in [0.3, 0.4) is 0 Å². The molecule has 2 heterocycles. The van der Waals surface area contributed by atoms with E-state index in [9.17, 15) is 9.59 Å². The van der Waals surface area contributed by atoms with Gasteiger partial charge in [0.15, 0.2) is 0 Å². The fraction of sp³-hybridized carbons (Fsp3) is 0.364. The zero-order valence-electron chi connectivity index (χ0n) is 16.2. The number of nitrogens with one attached hydrogen (secondary N) is 2. The number of rotatable bonds is 4. The Morgan fingerprint density at radius 1 is 1.29 bits per heavy atom. The molecule has 0 aromatic heterocycles. The van der Waals surface area contributed by atoms with Gasteiger partial charge in [0.1, 0.15) is 0 Å². The molecule has 0 radical (unpaired) electrons. The van der Waals surface area contributed by atoms with Crippen LogP contribution >= 0.6 is 11.8 Å². The Labute approximate surface area is 169 Å². The van der Waals surface area contributed by atoms with Gasteiger partial charge in [0.25, 0.3) is 5.91 Å². The summed E-state index contributed by atoms with van der Waals surface area (Å²) in [7, 11) is 0. The maximum Gasteiger partial charge on any atom is 0.251 e. The number of hydrogen-bond donors (Lipinski definition) is 2. The summed E-state index contributed by atoms with van der Waals surface area (Å²) in [6, 6.07) is 14.3. The Kier molecular flexibility index (Phi) is 5.42. The van der Waals surface area contributed by atoms with Gasteiger partial charge in [0.05, 0.1) is 10.9 Å². The predicted molar refractivity (Wildman–Crippen MR) is 113 cm³/mol. The molecule has 0 saturated heterocycles. The zero-order valence-corrected chi connectivity index (χ0v) is 17.0. The number of thioether (sulfide) groups is 1. The summed E-state index contributed by atoms with van der Waals surface area (Å²) in [6.45, 7) is 6.56. The lowest BCUT2D eigenvalue weighted by molar-refractivity contribution is -0.115. The van der Waals surface area contributed by atoms with Gasteiger partial charge in [-0.05, 0) is 49.6 Å². The second-order valence-electron chi connectivity index (χ2n) is 7.51.